The van der Waals surface area contributed by atoms with Gasteiger partial charge >= 0.3 is 6.18 Å². The number of nitrogen functional groups attached to an aromatic ring is 1. The van der Waals surface area contributed by atoms with Crippen LogP contribution in [0.5, 0.6) is 0 Å². The van der Waals surface area contributed by atoms with Crippen molar-refractivity contribution >= 4 is 28.4 Å². The van der Waals surface area contributed by atoms with Crippen molar-refractivity contribution in [2.24, 2.45) is 7.05 Å². The van der Waals surface area contributed by atoms with Crippen LogP contribution in [0, 0.1) is 5.82 Å². The van der Waals surface area contributed by atoms with Gasteiger partial charge in [-0.3, -0.25) is 14.2 Å². The molecule has 0 spiro atoms. The third-order valence-corrected chi connectivity index (χ3v) is 6.66. The number of piperidine rings is 1. The fourth-order valence-corrected chi connectivity index (χ4v) is 4.68. The van der Waals surface area contributed by atoms with E-state index in [9.17, 15) is 27.2 Å². The van der Waals surface area contributed by atoms with E-state index in [0.29, 0.717) is 48.6 Å². The molecule has 1 aliphatic heterocycles. The van der Waals surface area contributed by atoms with Gasteiger partial charge in [-0.1, -0.05) is 0 Å². The number of nitrogens with zero attached hydrogens (tertiary/aromatic N) is 4. The molecule has 1 atom stereocenters. The maximum Gasteiger partial charge on any atom is 0.419 e. The number of aryl methyl sites for hydroxylation is 1. The summed E-state index contributed by atoms with van der Waals surface area (Å²) in [6.07, 6.45) is -2.46. The van der Waals surface area contributed by atoms with Crippen molar-refractivity contribution in [1.29, 1.82) is 0 Å². The smallest absolute Gasteiger partial charge is 0.399 e. The highest BCUT2D eigenvalue weighted by atomic mass is 19.4. The van der Waals surface area contributed by atoms with E-state index in [1.165, 1.54) is 24.7 Å². The number of carbonyl (C=O) groups excluding carboxylic acids is 1. The normalized spacial score (nSPS) is 15.8. The Hall–Kier alpha value is -3.70. The van der Waals surface area contributed by atoms with Crippen molar-refractivity contribution in [1.82, 2.24) is 19.4 Å². The van der Waals surface area contributed by atoms with Gasteiger partial charge in [0.2, 0.25) is 5.91 Å². The van der Waals surface area contributed by atoms with Crippen molar-refractivity contribution in [2.45, 2.75) is 44.8 Å². The Balaban J connectivity index is 1.73. The lowest BCUT2D eigenvalue weighted by molar-refractivity contribution is -0.140. The number of nitrogens with one attached hydrogen (secondary N) is 1. The molecule has 1 fully saturated rings. The van der Waals surface area contributed by atoms with E-state index in [1.54, 1.807) is 18.0 Å². The number of hydrogen-bond donors (Lipinski definition) is 2. The number of carbonyl (C=O) groups is 1. The third-order valence-electron chi connectivity index (χ3n) is 6.66. The van der Waals surface area contributed by atoms with Crippen LogP contribution in [0.2, 0.25) is 0 Å². The number of fused-ring (bicyclic) bond motifs is 1. The Morgan fingerprint density at radius 2 is 1.86 bits per heavy atom. The lowest BCUT2D eigenvalue weighted by atomic mass is 9.89. The fourth-order valence-electron chi connectivity index (χ4n) is 4.68. The highest BCUT2D eigenvalue weighted by molar-refractivity contribution is 5.87. The molecule has 1 saturated heterocycles. The summed E-state index contributed by atoms with van der Waals surface area (Å²) in [6.45, 7) is 4.06. The number of aromatic nitrogens is 3. The van der Waals surface area contributed by atoms with E-state index in [1.807, 2.05) is 0 Å². The van der Waals surface area contributed by atoms with E-state index in [0.717, 1.165) is 6.07 Å². The highest BCUT2D eigenvalue weighted by Gasteiger charge is 2.36. The van der Waals surface area contributed by atoms with Crippen LogP contribution in [0.3, 0.4) is 0 Å². The number of hydrogen-bond acceptors (Lipinski definition) is 6. The molecular weight excluding hydrogens is 480 g/mol. The molecule has 8 nitrogen and oxygen atoms in total. The zero-order valence-electron chi connectivity index (χ0n) is 20.0. The van der Waals surface area contributed by atoms with Gasteiger partial charge in [0.15, 0.2) is 0 Å². The number of halogens is 4. The average molecular weight is 507 g/mol. The molecule has 0 aliphatic carbocycles. The minimum atomic E-state index is -4.90. The summed E-state index contributed by atoms with van der Waals surface area (Å²) < 4.78 is 56.1. The first-order valence-corrected chi connectivity index (χ1v) is 11.4. The Morgan fingerprint density at radius 3 is 2.47 bits per heavy atom. The summed E-state index contributed by atoms with van der Waals surface area (Å²) in [7, 11) is 1.58. The first kappa shape index (κ1) is 25.4. The van der Waals surface area contributed by atoms with E-state index < -0.39 is 23.6 Å². The molecule has 3 N–H and O–H groups in total. The molecule has 2 aromatic heterocycles. The van der Waals surface area contributed by atoms with Gasteiger partial charge in [0.05, 0.1) is 17.0 Å². The first-order valence-electron chi connectivity index (χ1n) is 11.4. The molecule has 1 amide bonds. The number of likely N-dealkylation sites (tertiary alicyclic amines) is 1. The van der Waals surface area contributed by atoms with Gasteiger partial charge in [0.25, 0.3) is 5.56 Å². The largest absolute Gasteiger partial charge is 0.419 e. The van der Waals surface area contributed by atoms with Crippen LogP contribution in [0.1, 0.15) is 55.3 Å². The van der Waals surface area contributed by atoms with Gasteiger partial charge in [0.1, 0.15) is 23.6 Å². The molecular formula is C24H26F4N6O2. The van der Waals surface area contributed by atoms with Crippen molar-refractivity contribution < 1.29 is 22.4 Å². The standard InChI is InChI=1S/C24H26F4N6O2/c1-12(16-8-15(29)9-19(20(16)25)24(26,27)28)32-21-18-10-17(14-4-6-34(7-5-14)13(2)35)23(36)33(3)22(18)31-11-30-21/h8-12,14H,4-7,29H2,1-3H3,(H,30,31,32). The van der Waals surface area contributed by atoms with Crippen LogP contribution in [0.15, 0.2) is 29.3 Å². The number of anilines is 2. The molecule has 3 heterocycles. The second-order valence-electron chi connectivity index (χ2n) is 9.04. The van der Waals surface area contributed by atoms with Gasteiger partial charge < -0.3 is 16.0 Å². The van der Waals surface area contributed by atoms with E-state index >= 15 is 0 Å². The van der Waals surface area contributed by atoms with Crippen LogP contribution in [-0.2, 0) is 18.0 Å². The summed E-state index contributed by atoms with van der Waals surface area (Å²) in [4.78, 5) is 34.9. The Labute approximate surface area is 204 Å². The van der Waals surface area contributed by atoms with Crippen LogP contribution in [0.4, 0.5) is 29.1 Å². The molecule has 4 rings (SSSR count). The molecule has 0 radical (unpaired) electrons. The van der Waals surface area contributed by atoms with Gasteiger partial charge in [-0.25, -0.2) is 14.4 Å². The first-order chi connectivity index (χ1) is 16.9. The van der Waals surface area contributed by atoms with Gasteiger partial charge in [-0.2, -0.15) is 13.2 Å². The molecule has 1 aromatic carbocycles. The molecule has 36 heavy (non-hydrogen) atoms. The Bertz CT molecular complexity index is 1380. The van der Waals surface area contributed by atoms with Gasteiger partial charge in [-0.05, 0) is 43.9 Å². The zero-order chi connectivity index (χ0) is 26.4. The van der Waals surface area contributed by atoms with Crippen molar-refractivity contribution in [2.75, 3.05) is 24.1 Å². The van der Waals surface area contributed by atoms with Gasteiger partial charge in [0, 0.05) is 43.9 Å². The summed E-state index contributed by atoms with van der Waals surface area (Å²) in [5.74, 6) is -1.28. The molecule has 1 aliphatic rings. The minimum absolute atomic E-state index is 0.0174. The number of amides is 1. The Kier molecular flexibility index (Phi) is 6.63. The highest BCUT2D eigenvalue weighted by Crippen LogP contribution is 2.37. The second kappa shape index (κ2) is 9.40. The van der Waals surface area contributed by atoms with E-state index in [2.05, 4.69) is 15.3 Å². The number of nitrogens with two attached hydrogens (primary N) is 1. The maximum atomic E-state index is 14.8. The molecule has 1 unspecified atom stereocenters. The van der Waals surface area contributed by atoms with E-state index in [4.69, 9.17) is 5.73 Å². The summed E-state index contributed by atoms with van der Waals surface area (Å²) >= 11 is 0. The number of pyridine rings is 1. The SMILES string of the molecule is CC(=O)N1CCC(c2cc3c(NC(C)c4cc(N)cc(C(F)(F)F)c4F)ncnc3n(C)c2=O)CC1. The van der Waals surface area contributed by atoms with Crippen molar-refractivity contribution in [3.63, 3.8) is 0 Å². The maximum absolute atomic E-state index is 14.8. The molecule has 192 valence electrons. The monoisotopic (exact) mass is 506 g/mol. The van der Waals surface area contributed by atoms with Crippen LogP contribution in [0.25, 0.3) is 11.0 Å². The second-order valence-corrected chi connectivity index (χ2v) is 9.04. The quantitative estimate of drug-likeness (QED) is 0.410. The lowest BCUT2D eigenvalue weighted by Crippen LogP contribution is -2.38. The van der Waals surface area contributed by atoms with Crippen LogP contribution < -0.4 is 16.6 Å². The van der Waals surface area contributed by atoms with Gasteiger partial charge in [-0.15, -0.1) is 0 Å². The molecule has 0 saturated carbocycles. The predicted octanol–water partition coefficient (Wildman–Crippen LogP) is 3.97. The molecule has 12 heteroatoms. The number of alkyl halides is 3. The predicted molar refractivity (Wildman–Crippen MR) is 127 cm³/mol. The summed E-state index contributed by atoms with van der Waals surface area (Å²) in [5.41, 5.74) is 4.33. The summed E-state index contributed by atoms with van der Waals surface area (Å²) in [6, 6.07) is 2.45. The van der Waals surface area contributed by atoms with Crippen LogP contribution in [-0.4, -0.2) is 38.4 Å². The fraction of sp³-hybridized carbons (Fsp3) is 0.417. The van der Waals surface area contributed by atoms with Crippen molar-refractivity contribution in [3.8, 4) is 0 Å². The lowest BCUT2D eigenvalue weighted by Gasteiger charge is -2.31. The Morgan fingerprint density at radius 1 is 1.19 bits per heavy atom. The number of benzene rings is 1. The third kappa shape index (κ3) is 4.71. The van der Waals surface area contributed by atoms with E-state index in [-0.39, 0.29) is 34.5 Å². The molecule has 3 aromatic rings. The van der Waals surface area contributed by atoms with Crippen molar-refractivity contribution in [3.05, 3.63) is 57.4 Å². The summed E-state index contributed by atoms with van der Waals surface area (Å²) in [5, 5.41) is 3.43. The average Bonchev–Trinajstić information content (AvgIpc) is 2.82. The zero-order valence-corrected chi connectivity index (χ0v) is 20.0. The minimum Gasteiger partial charge on any atom is -0.399 e. The van der Waals surface area contributed by atoms with Crippen LogP contribution >= 0.6 is 0 Å². The number of rotatable bonds is 4. The topological polar surface area (TPSA) is 106 Å². The molecule has 0 bridgehead atoms.